The molecule has 2 amide bonds. The van der Waals surface area contributed by atoms with Crippen LogP contribution < -0.4 is 15.4 Å². The van der Waals surface area contributed by atoms with Gasteiger partial charge in [0.05, 0.1) is 17.5 Å². The molecule has 0 radical (unpaired) electrons. The number of hydrogen-bond acceptors (Lipinski definition) is 4. The van der Waals surface area contributed by atoms with Crippen molar-refractivity contribution < 1.29 is 14.3 Å². The molecule has 0 saturated heterocycles. The Bertz CT molecular complexity index is 790. The van der Waals surface area contributed by atoms with Crippen LogP contribution in [0.2, 0.25) is 0 Å². The van der Waals surface area contributed by atoms with Crippen LogP contribution in [0.4, 0.5) is 5.69 Å². The van der Waals surface area contributed by atoms with Crippen molar-refractivity contribution in [1.29, 1.82) is 0 Å². The number of rotatable bonds is 5. The van der Waals surface area contributed by atoms with Gasteiger partial charge in [-0.1, -0.05) is 17.7 Å². The van der Waals surface area contributed by atoms with E-state index in [2.05, 4.69) is 10.6 Å². The second kappa shape index (κ2) is 7.61. The summed E-state index contributed by atoms with van der Waals surface area (Å²) in [6, 6.07) is 13.1. The summed E-state index contributed by atoms with van der Waals surface area (Å²) < 4.78 is 5.59. The molecule has 2 aromatic rings. The second-order valence-corrected chi connectivity index (χ2v) is 7.26. The molecule has 2 N–H and O–H groups in total. The zero-order valence-electron chi connectivity index (χ0n) is 14.2. The lowest BCUT2D eigenvalue weighted by atomic mass is 10.1. The maximum absolute atomic E-state index is 12.2. The Balaban J connectivity index is 1.52. The summed E-state index contributed by atoms with van der Waals surface area (Å²) in [6.07, 6.45) is 0. The van der Waals surface area contributed by atoms with E-state index in [0.717, 1.165) is 10.6 Å². The monoisotopic (exact) mass is 356 g/mol. The average Bonchev–Trinajstić information content (AvgIpc) is 2.60. The van der Waals surface area contributed by atoms with Crippen molar-refractivity contribution in [1.82, 2.24) is 5.32 Å². The van der Waals surface area contributed by atoms with Crippen LogP contribution in [0, 0.1) is 6.92 Å². The summed E-state index contributed by atoms with van der Waals surface area (Å²) in [5.41, 5.74) is 2.38. The van der Waals surface area contributed by atoms with Gasteiger partial charge < -0.3 is 15.4 Å². The minimum absolute atomic E-state index is 0.0402. The van der Waals surface area contributed by atoms with E-state index in [1.807, 2.05) is 44.2 Å². The van der Waals surface area contributed by atoms with E-state index < -0.39 is 0 Å². The van der Waals surface area contributed by atoms with Crippen molar-refractivity contribution in [3.63, 3.8) is 0 Å². The lowest BCUT2D eigenvalue weighted by molar-refractivity contribution is -0.115. The van der Waals surface area contributed by atoms with Gasteiger partial charge in [-0.3, -0.25) is 9.59 Å². The molecule has 0 aliphatic carbocycles. The number of aryl methyl sites for hydroxylation is 1. The molecule has 0 bridgehead atoms. The molecule has 6 heteroatoms. The number of benzene rings is 2. The van der Waals surface area contributed by atoms with E-state index in [4.69, 9.17) is 4.74 Å². The normalized spacial score (nSPS) is 15.9. The fraction of sp³-hybridized carbons (Fsp3) is 0.263. The van der Waals surface area contributed by atoms with Crippen molar-refractivity contribution in [2.75, 3.05) is 18.5 Å². The lowest BCUT2D eigenvalue weighted by Crippen LogP contribution is -2.29. The third-order valence-corrected chi connectivity index (χ3v) is 5.03. The van der Waals surface area contributed by atoms with Crippen molar-refractivity contribution in [2.45, 2.75) is 24.0 Å². The predicted octanol–water partition coefficient (Wildman–Crippen LogP) is 3.24. The molecular weight excluding hydrogens is 336 g/mol. The zero-order valence-corrected chi connectivity index (χ0v) is 15.0. The standard InChI is InChI=1S/C19H20N2O3S/c1-12-3-6-15(7-4-12)24-10-9-20-19(23)14-5-8-17-16(11-14)21-18(22)13(2)25-17/h3-8,11,13H,9-10H2,1-2H3,(H,20,23)(H,21,22)/t13-/m1/s1. The fourth-order valence-electron chi connectivity index (χ4n) is 2.42. The molecule has 0 aromatic heterocycles. The summed E-state index contributed by atoms with van der Waals surface area (Å²) >= 11 is 1.50. The molecule has 1 aliphatic rings. The highest BCUT2D eigenvalue weighted by Gasteiger charge is 2.23. The average molecular weight is 356 g/mol. The molecule has 1 heterocycles. The maximum atomic E-state index is 12.2. The Morgan fingerprint density at radius 1 is 1.24 bits per heavy atom. The number of anilines is 1. The molecule has 5 nitrogen and oxygen atoms in total. The number of hydrogen-bond donors (Lipinski definition) is 2. The van der Waals surface area contributed by atoms with Gasteiger partial charge in [-0.05, 0) is 44.2 Å². The number of amides is 2. The summed E-state index contributed by atoms with van der Waals surface area (Å²) in [7, 11) is 0. The molecule has 1 atom stereocenters. The molecule has 0 fully saturated rings. The van der Waals surface area contributed by atoms with Crippen LogP contribution in [-0.4, -0.2) is 30.2 Å². The molecule has 0 unspecified atom stereocenters. The first-order valence-corrected chi connectivity index (χ1v) is 9.00. The smallest absolute Gasteiger partial charge is 0.251 e. The Labute approximate surface area is 151 Å². The zero-order chi connectivity index (χ0) is 17.8. The highest BCUT2D eigenvalue weighted by atomic mass is 32.2. The molecule has 2 aromatic carbocycles. The number of fused-ring (bicyclic) bond motifs is 1. The van der Waals surface area contributed by atoms with E-state index in [0.29, 0.717) is 24.4 Å². The molecule has 0 spiro atoms. The van der Waals surface area contributed by atoms with Crippen LogP contribution in [-0.2, 0) is 4.79 Å². The van der Waals surface area contributed by atoms with Crippen LogP contribution >= 0.6 is 11.8 Å². The minimum Gasteiger partial charge on any atom is -0.492 e. The van der Waals surface area contributed by atoms with Crippen molar-refractivity contribution in [3.8, 4) is 5.75 Å². The van der Waals surface area contributed by atoms with Gasteiger partial charge >= 0.3 is 0 Å². The van der Waals surface area contributed by atoms with Gasteiger partial charge in [0.2, 0.25) is 5.91 Å². The predicted molar refractivity (Wildman–Crippen MR) is 99.4 cm³/mol. The Kier molecular flexibility index (Phi) is 5.28. The molecule has 0 saturated carbocycles. The highest BCUT2D eigenvalue weighted by molar-refractivity contribution is 8.00. The molecule has 3 rings (SSSR count). The molecular formula is C19H20N2O3S. The van der Waals surface area contributed by atoms with E-state index >= 15 is 0 Å². The van der Waals surface area contributed by atoms with Gasteiger partial charge in [-0.25, -0.2) is 0 Å². The molecule has 130 valence electrons. The summed E-state index contributed by atoms with van der Waals surface area (Å²) in [6.45, 7) is 4.67. The molecule has 1 aliphatic heterocycles. The summed E-state index contributed by atoms with van der Waals surface area (Å²) in [5.74, 6) is 0.553. The first-order chi connectivity index (χ1) is 12.0. The van der Waals surface area contributed by atoms with E-state index in [1.165, 1.54) is 17.3 Å². The SMILES string of the molecule is Cc1ccc(OCCNC(=O)c2ccc3c(c2)NC(=O)[C@@H](C)S3)cc1. The van der Waals surface area contributed by atoms with E-state index in [-0.39, 0.29) is 17.1 Å². The fourth-order valence-corrected chi connectivity index (χ4v) is 3.35. The van der Waals surface area contributed by atoms with Crippen LogP contribution in [0.15, 0.2) is 47.4 Å². The largest absolute Gasteiger partial charge is 0.492 e. The van der Waals surface area contributed by atoms with Gasteiger partial charge in [-0.2, -0.15) is 0 Å². The number of carbonyl (C=O) groups excluding carboxylic acids is 2. The quantitative estimate of drug-likeness (QED) is 0.807. The van der Waals surface area contributed by atoms with Crippen molar-refractivity contribution >= 4 is 29.3 Å². The second-order valence-electron chi connectivity index (χ2n) is 5.88. The van der Waals surface area contributed by atoms with Crippen LogP contribution in [0.5, 0.6) is 5.75 Å². The van der Waals surface area contributed by atoms with Gasteiger partial charge in [0, 0.05) is 10.5 Å². The van der Waals surface area contributed by atoms with Gasteiger partial charge in [0.25, 0.3) is 5.91 Å². The van der Waals surface area contributed by atoms with Gasteiger partial charge in [0.1, 0.15) is 12.4 Å². The molecule has 25 heavy (non-hydrogen) atoms. The van der Waals surface area contributed by atoms with Gasteiger partial charge in [-0.15, -0.1) is 11.8 Å². The Hall–Kier alpha value is -2.47. The number of thioether (sulfide) groups is 1. The van der Waals surface area contributed by atoms with Crippen LogP contribution in [0.1, 0.15) is 22.8 Å². The van der Waals surface area contributed by atoms with Crippen LogP contribution in [0.25, 0.3) is 0 Å². The number of carbonyl (C=O) groups is 2. The van der Waals surface area contributed by atoms with Crippen molar-refractivity contribution in [3.05, 3.63) is 53.6 Å². The number of nitrogens with one attached hydrogen (secondary N) is 2. The topological polar surface area (TPSA) is 67.4 Å². The number of ether oxygens (including phenoxy) is 1. The third-order valence-electron chi connectivity index (χ3n) is 3.85. The Morgan fingerprint density at radius 2 is 2.00 bits per heavy atom. The highest BCUT2D eigenvalue weighted by Crippen LogP contribution is 2.35. The first kappa shape index (κ1) is 17.4. The van der Waals surface area contributed by atoms with E-state index in [1.54, 1.807) is 12.1 Å². The summed E-state index contributed by atoms with van der Waals surface area (Å²) in [4.78, 5) is 25.0. The first-order valence-electron chi connectivity index (χ1n) is 8.12. The van der Waals surface area contributed by atoms with E-state index in [9.17, 15) is 9.59 Å². The van der Waals surface area contributed by atoms with Crippen LogP contribution in [0.3, 0.4) is 0 Å². The Morgan fingerprint density at radius 3 is 2.76 bits per heavy atom. The van der Waals surface area contributed by atoms with Crippen molar-refractivity contribution in [2.24, 2.45) is 0 Å². The maximum Gasteiger partial charge on any atom is 0.251 e. The van der Waals surface area contributed by atoms with Gasteiger partial charge in [0.15, 0.2) is 0 Å². The lowest BCUT2D eigenvalue weighted by Gasteiger charge is -2.21. The summed E-state index contributed by atoms with van der Waals surface area (Å²) in [5, 5.41) is 5.54. The minimum atomic E-state index is -0.187. The third kappa shape index (κ3) is 4.33.